The van der Waals surface area contributed by atoms with Crippen LogP contribution in [0.3, 0.4) is 0 Å². The van der Waals surface area contributed by atoms with Crippen molar-refractivity contribution in [3.05, 3.63) is 23.4 Å². The highest BCUT2D eigenvalue weighted by atomic mass is 16.3. The van der Waals surface area contributed by atoms with E-state index in [0.29, 0.717) is 0 Å². The summed E-state index contributed by atoms with van der Waals surface area (Å²) < 4.78 is 0. The van der Waals surface area contributed by atoms with E-state index < -0.39 is 0 Å². The molecule has 1 aromatic rings. The minimum Gasteiger partial charge on any atom is -0.388 e. The van der Waals surface area contributed by atoms with Gasteiger partial charge in [0, 0.05) is 24.3 Å². The maximum Gasteiger partial charge on any atom is 0.128 e. The SMILES string of the molecule is CC[C@@H](O)c1ccc(N2CCCCC2)nc1C. The largest absolute Gasteiger partial charge is 0.388 e. The van der Waals surface area contributed by atoms with Crippen molar-refractivity contribution in [2.75, 3.05) is 18.0 Å². The first-order valence-corrected chi connectivity index (χ1v) is 6.63. The summed E-state index contributed by atoms with van der Waals surface area (Å²) in [6.07, 6.45) is 4.23. The highest BCUT2D eigenvalue weighted by Crippen LogP contribution is 2.23. The van der Waals surface area contributed by atoms with Gasteiger partial charge in [0.25, 0.3) is 0 Å². The normalized spacial score (nSPS) is 18.2. The first-order valence-electron chi connectivity index (χ1n) is 6.63. The molecule has 1 aromatic heterocycles. The number of anilines is 1. The van der Waals surface area contributed by atoms with Gasteiger partial charge in [0.1, 0.15) is 5.82 Å². The summed E-state index contributed by atoms with van der Waals surface area (Å²) in [5.74, 6) is 1.06. The quantitative estimate of drug-likeness (QED) is 0.873. The van der Waals surface area contributed by atoms with Gasteiger partial charge in [-0.3, -0.25) is 0 Å². The first kappa shape index (κ1) is 12.4. The molecule has 1 aliphatic heterocycles. The molecule has 0 saturated carbocycles. The molecule has 0 bridgehead atoms. The van der Waals surface area contributed by atoms with Crippen molar-refractivity contribution in [1.82, 2.24) is 4.98 Å². The average molecular weight is 234 g/mol. The van der Waals surface area contributed by atoms with Crippen molar-refractivity contribution in [3.8, 4) is 0 Å². The number of aliphatic hydroxyl groups is 1. The summed E-state index contributed by atoms with van der Waals surface area (Å²) in [5.41, 5.74) is 1.93. The van der Waals surface area contributed by atoms with Crippen molar-refractivity contribution in [1.29, 1.82) is 0 Å². The zero-order chi connectivity index (χ0) is 12.3. The van der Waals surface area contributed by atoms with Crippen LogP contribution in [-0.2, 0) is 0 Å². The predicted octanol–water partition coefficient (Wildman–Crippen LogP) is 2.82. The van der Waals surface area contributed by atoms with E-state index in [-0.39, 0.29) is 6.10 Å². The molecule has 94 valence electrons. The lowest BCUT2D eigenvalue weighted by Crippen LogP contribution is -2.30. The van der Waals surface area contributed by atoms with Gasteiger partial charge in [-0.15, -0.1) is 0 Å². The third-order valence-corrected chi connectivity index (χ3v) is 3.54. The number of aromatic nitrogens is 1. The van der Waals surface area contributed by atoms with Crippen LogP contribution in [0.4, 0.5) is 5.82 Å². The Labute approximate surface area is 103 Å². The maximum absolute atomic E-state index is 9.86. The fourth-order valence-electron chi connectivity index (χ4n) is 2.43. The van der Waals surface area contributed by atoms with Crippen LogP contribution in [0.25, 0.3) is 0 Å². The maximum atomic E-state index is 9.86. The Balaban J connectivity index is 2.17. The van der Waals surface area contributed by atoms with Crippen LogP contribution in [0.1, 0.15) is 50.0 Å². The van der Waals surface area contributed by atoms with Crippen molar-refractivity contribution < 1.29 is 5.11 Å². The molecule has 1 atom stereocenters. The van der Waals surface area contributed by atoms with E-state index in [9.17, 15) is 5.11 Å². The second-order valence-electron chi connectivity index (χ2n) is 4.82. The number of hydrogen-bond acceptors (Lipinski definition) is 3. The van der Waals surface area contributed by atoms with Gasteiger partial charge in [-0.1, -0.05) is 13.0 Å². The van der Waals surface area contributed by atoms with Gasteiger partial charge in [0.15, 0.2) is 0 Å². The summed E-state index contributed by atoms with van der Waals surface area (Å²) >= 11 is 0. The van der Waals surface area contributed by atoms with E-state index in [0.717, 1.165) is 36.6 Å². The molecule has 1 N–H and O–H groups in total. The summed E-state index contributed by atoms with van der Waals surface area (Å²) in [6, 6.07) is 4.08. The summed E-state index contributed by atoms with van der Waals surface area (Å²) in [6.45, 7) is 6.20. The predicted molar refractivity (Wildman–Crippen MR) is 70.3 cm³/mol. The number of hydrogen-bond donors (Lipinski definition) is 1. The molecule has 1 saturated heterocycles. The lowest BCUT2D eigenvalue weighted by molar-refractivity contribution is 0.172. The van der Waals surface area contributed by atoms with Crippen molar-refractivity contribution >= 4 is 5.82 Å². The molecule has 0 spiro atoms. The molecule has 0 amide bonds. The Kier molecular flexibility index (Phi) is 4.00. The van der Waals surface area contributed by atoms with Gasteiger partial charge in [-0.25, -0.2) is 4.98 Å². The Morgan fingerprint density at radius 1 is 1.29 bits per heavy atom. The molecule has 3 heteroatoms. The molecule has 0 unspecified atom stereocenters. The van der Waals surface area contributed by atoms with Crippen LogP contribution in [0.2, 0.25) is 0 Å². The minimum absolute atomic E-state index is 0.377. The second-order valence-corrected chi connectivity index (χ2v) is 4.82. The van der Waals surface area contributed by atoms with Gasteiger partial charge in [0.05, 0.1) is 6.10 Å². The Morgan fingerprint density at radius 3 is 2.59 bits per heavy atom. The molecule has 0 aromatic carbocycles. The van der Waals surface area contributed by atoms with Crippen molar-refractivity contribution in [3.63, 3.8) is 0 Å². The third-order valence-electron chi connectivity index (χ3n) is 3.54. The zero-order valence-corrected chi connectivity index (χ0v) is 10.8. The van der Waals surface area contributed by atoms with Crippen molar-refractivity contribution in [2.24, 2.45) is 0 Å². The third kappa shape index (κ3) is 2.78. The van der Waals surface area contributed by atoms with Crippen LogP contribution in [-0.4, -0.2) is 23.2 Å². The smallest absolute Gasteiger partial charge is 0.128 e. The summed E-state index contributed by atoms with van der Waals surface area (Å²) in [5, 5.41) is 9.86. The van der Waals surface area contributed by atoms with Crippen LogP contribution in [0.5, 0.6) is 0 Å². The zero-order valence-electron chi connectivity index (χ0n) is 10.8. The van der Waals surface area contributed by atoms with Gasteiger partial charge in [-0.05, 0) is 38.7 Å². The molecule has 17 heavy (non-hydrogen) atoms. The number of nitrogens with zero attached hydrogens (tertiary/aromatic N) is 2. The number of pyridine rings is 1. The molecular formula is C14H22N2O. The molecule has 3 nitrogen and oxygen atoms in total. The van der Waals surface area contributed by atoms with Crippen LogP contribution < -0.4 is 4.90 Å². The van der Waals surface area contributed by atoms with E-state index in [1.807, 2.05) is 26.0 Å². The van der Waals surface area contributed by atoms with E-state index in [1.165, 1.54) is 19.3 Å². The Hall–Kier alpha value is -1.09. The minimum atomic E-state index is -0.377. The van der Waals surface area contributed by atoms with Gasteiger partial charge in [0.2, 0.25) is 0 Å². The van der Waals surface area contributed by atoms with E-state index >= 15 is 0 Å². The van der Waals surface area contributed by atoms with Gasteiger partial charge in [-0.2, -0.15) is 0 Å². The van der Waals surface area contributed by atoms with Crippen LogP contribution in [0.15, 0.2) is 12.1 Å². The molecule has 1 fully saturated rings. The summed E-state index contributed by atoms with van der Waals surface area (Å²) in [4.78, 5) is 6.98. The molecule has 2 heterocycles. The topological polar surface area (TPSA) is 36.4 Å². The fourth-order valence-corrected chi connectivity index (χ4v) is 2.43. The molecule has 2 rings (SSSR count). The first-order chi connectivity index (χ1) is 8.22. The van der Waals surface area contributed by atoms with Crippen LogP contribution in [0, 0.1) is 6.92 Å². The highest BCUT2D eigenvalue weighted by Gasteiger charge is 2.15. The van der Waals surface area contributed by atoms with Crippen molar-refractivity contribution in [2.45, 2.75) is 45.6 Å². The lowest BCUT2D eigenvalue weighted by Gasteiger charge is -2.28. The fraction of sp³-hybridized carbons (Fsp3) is 0.643. The van der Waals surface area contributed by atoms with Crippen LogP contribution >= 0.6 is 0 Å². The molecule has 0 radical (unpaired) electrons. The highest BCUT2D eigenvalue weighted by molar-refractivity contribution is 5.42. The molecule has 1 aliphatic rings. The second kappa shape index (κ2) is 5.50. The monoisotopic (exact) mass is 234 g/mol. The molecular weight excluding hydrogens is 212 g/mol. The van der Waals surface area contributed by atoms with E-state index in [2.05, 4.69) is 9.88 Å². The lowest BCUT2D eigenvalue weighted by atomic mass is 10.1. The number of rotatable bonds is 3. The molecule has 0 aliphatic carbocycles. The number of aryl methyl sites for hydroxylation is 1. The number of aliphatic hydroxyl groups excluding tert-OH is 1. The van der Waals surface area contributed by atoms with Gasteiger partial charge >= 0.3 is 0 Å². The average Bonchev–Trinajstić information content (AvgIpc) is 2.39. The number of piperidine rings is 1. The van der Waals surface area contributed by atoms with Gasteiger partial charge < -0.3 is 10.0 Å². The Bertz CT molecular complexity index is 372. The van der Waals surface area contributed by atoms with E-state index in [1.54, 1.807) is 0 Å². The standard InChI is InChI=1S/C14H22N2O/c1-3-13(17)12-7-8-14(15-11(12)2)16-9-5-4-6-10-16/h7-8,13,17H,3-6,9-10H2,1-2H3/t13-/m1/s1. The Morgan fingerprint density at radius 2 is 2.00 bits per heavy atom. The summed E-state index contributed by atoms with van der Waals surface area (Å²) in [7, 11) is 0. The van der Waals surface area contributed by atoms with E-state index in [4.69, 9.17) is 0 Å².